The number of rotatable bonds is 3. The highest BCUT2D eigenvalue weighted by atomic mass is 16.1. The molecule has 15 heavy (non-hydrogen) atoms. The zero-order valence-electron chi connectivity index (χ0n) is 8.73. The minimum absolute atomic E-state index is 0.0606. The minimum atomic E-state index is -0.0606. The molecule has 0 aliphatic heterocycles. The molecule has 0 fully saturated rings. The van der Waals surface area contributed by atoms with E-state index in [2.05, 4.69) is 36.2 Å². The van der Waals surface area contributed by atoms with Gasteiger partial charge in [-0.2, -0.15) is 0 Å². The fourth-order valence-electron chi connectivity index (χ4n) is 1.55. The van der Waals surface area contributed by atoms with Crippen LogP contribution in [0.4, 0.5) is 0 Å². The Bertz CT molecular complexity index is 479. The Hall–Kier alpha value is -1.77. The van der Waals surface area contributed by atoms with Crippen LogP contribution in [0.1, 0.15) is 18.1 Å². The van der Waals surface area contributed by atoms with E-state index in [1.54, 1.807) is 17.0 Å². The molecule has 0 atom stereocenters. The van der Waals surface area contributed by atoms with Crippen LogP contribution in [0.3, 0.4) is 0 Å². The Labute approximate surface area is 88.4 Å². The highest BCUT2D eigenvalue weighted by molar-refractivity contribution is 5.22. The molecule has 0 aliphatic rings. The molecule has 1 aromatic carbocycles. The van der Waals surface area contributed by atoms with Crippen LogP contribution in [0.25, 0.3) is 0 Å². The summed E-state index contributed by atoms with van der Waals surface area (Å²) in [5.74, 6) is 0. The van der Waals surface area contributed by atoms with Crippen LogP contribution in [0, 0.1) is 0 Å². The summed E-state index contributed by atoms with van der Waals surface area (Å²) in [6.07, 6.45) is 4.46. The number of hydrogen-bond donors (Lipinski definition) is 1. The summed E-state index contributed by atoms with van der Waals surface area (Å²) < 4.78 is 1.65. The van der Waals surface area contributed by atoms with Crippen molar-refractivity contribution in [3.05, 3.63) is 58.3 Å². The van der Waals surface area contributed by atoms with E-state index in [1.807, 2.05) is 0 Å². The van der Waals surface area contributed by atoms with Gasteiger partial charge in [0.05, 0.1) is 6.54 Å². The number of hydrogen-bond acceptors (Lipinski definition) is 1. The molecule has 0 amide bonds. The molecule has 2 aromatic rings. The van der Waals surface area contributed by atoms with E-state index >= 15 is 0 Å². The topological polar surface area (TPSA) is 37.8 Å². The average molecular weight is 202 g/mol. The molecule has 0 radical (unpaired) electrons. The van der Waals surface area contributed by atoms with Crippen LogP contribution in [0.2, 0.25) is 0 Å². The molecule has 3 nitrogen and oxygen atoms in total. The van der Waals surface area contributed by atoms with Crippen molar-refractivity contribution in [2.24, 2.45) is 0 Å². The zero-order chi connectivity index (χ0) is 10.7. The molecule has 1 heterocycles. The average Bonchev–Trinajstić information content (AvgIpc) is 2.66. The third-order valence-corrected chi connectivity index (χ3v) is 2.51. The first-order chi connectivity index (χ1) is 7.29. The summed E-state index contributed by atoms with van der Waals surface area (Å²) in [4.78, 5) is 13.9. The quantitative estimate of drug-likeness (QED) is 0.809. The van der Waals surface area contributed by atoms with Crippen molar-refractivity contribution in [3.8, 4) is 0 Å². The molecule has 1 aromatic heterocycles. The number of imidazole rings is 1. The van der Waals surface area contributed by atoms with Crippen molar-refractivity contribution in [1.29, 1.82) is 0 Å². The third-order valence-electron chi connectivity index (χ3n) is 2.51. The van der Waals surface area contributed by atoms with Gasteiger partial charge in [-0.25, -0.2) is 4.79 Å². The number of aromatic nitrogens is 2. The summed E-state index contributed by atoms with van der Waals surface area (Å²) in [5, 5.41) is 0. The first-order valence-electron chi connectivity index (χ1n) is 5.11. The summed E-state index contributed by atoms with van der Waals surface area (Å²) in [6.45, 7) is 2.76. The van der Waals surface area contributed by atoms with E-state index in [0.717, 1.165) is 12.0 Å². The fourth-order valence-corrected chi connectivity index (χ4v) is 1.55. The summed E-state index contributed by atoms with van der Waals surface area (Å²) in [7, 11) is 0. The lowest BCUT2D eigenvalue weighted by atomic mass is 10.1. The molecule has 0 saturated carbocycles. The van der Waals surface area contributed by atoms with Crippen molar-refractivity contribution in [2.45, 2.75) is 19.9 Å². The van der Waals surface area contributed by atoms with Crippen molar-refractivity contribution < 1.29 is 0 Å². The van der Waals surface area contributed by atoms with E-state index in [-0.39, 0.29) is 5.69 Å². The predicted octanol–water partition coefficient (Wildman–Crippen LogP) is 1.79. The molecule has 3 heteroatoms. The van der Waals surface area contributed by atoms with E-state index in [1.165, 1.54) is 5.56 Å². The Kier molecular flexibility index (Phi) is 2.72. The molecule has 2 rings (SSSR count). The maximum atomic E-state index is 11.3. The van der Waals surface area contributed by atoms with Gasteiger partial charge in [0.1, 0.15) is 0 Å². The second kappa shape index (κ2) is 4.17. The summed E-state index contributed by atoms with van der Waals surface area (Å²) in [5.41, 5.74) is 2.41. The van der Waals surface area contributed by atoms with Crippen LogP contribution < -0.4 is 5.69 Å². The van der Waals surface area contributed by atoms with Crippen molar-refractivity contribution >= 4 is 0 Å². The van der Waals surface area contributed by atoms with Crippen molar-refractivity contribution in [1.82, 2.24) is 9.55 Å². The van der Waals surface area contributed by atoms with Gasteiger partial charge in [-0.1, -0.05) is 31.2 Å². The number of aromatic amines is 1. The molecule has 0 bridgehead atoms. The molecule has 78 valence electrons. The summed E-state index contributed by atoms with van der Waals surface area (Å²) in [6, 6.07) is 8.34. The monoisotopic (exact) mass is 202 g/mol. The number of nitrogens with zero attached hydrogens (tertiary/aromatic N) is 1. The molecule has 0 saturated heterocycles. The maximum Gasteiger partial charge on any atom is 0.325 e. The molecular weight excluding hydrogens is 188 g/mol. The zero-order valence-corrected chi connectivity index (χ0v) is 8.73. The normalized spacial score (nSPS) is 10.5. The van der Waals surface area contributed by atoms with Gasteiger partial charge in [0, 0.05) is 12.4 Å². The van der Waals surface area contributed by atoms with Crippen molar-refractivity contribution in [2.75, 3.05) is 0 Å². The molecule has 0 aliphatic carbocycles. The second-order valence-electron chi connectivity index (χ2n) is 3.56. The van der Waals surface area contributed by atoms with E-state index in [0.29, 0.717) is 6.54 Å². The standard InChI is InChI=1S/C12H14N2O/c1-2-10-3-5-11(6-4-10)9-14-8-7-13-12(14)15/h3-8H,2,9H2,1H3,(H,13,15). The lowest BCUT2D eigenvalue weighted by Crippen LogP contribution is -2.16. The van der Waals surface area contributed by atoms with Gasteiger partial charge in [0.25, 0.3) is 0 Å². The van der Waals surface area contributed by atoms with Crippen LogP contribution in [0.15, 0.2) is 41.5 Å². The predicted molar refractivity (Wildman–Crippen MR) is 60.0 cm³/mol. The van der Waals surface area contributed by atoms with Gasteiger partial charge in [-0.05, 0) is 17.5 Å². The SMILES string of the molecule is CCc1ccc(Cn2cc[nH]c2=O)cc1. The molecule has 1 N–H and O–H groups in total. The Morgan fingerprint density at radius 2 is 1.87 bits per heavy atom. The lowest BCUT2D eigenvalue weighted by Gasteiger charge is -2.02. The first-order valence-corrected chi connectivity index (χ1v) is 5.11. The number of aryl methyl sites for hydroxylation is 1. The van der Waals surface area contributed by atoms with Crippen LogP contribution in [-0.4, -0.2) is 9.55 Å². The molecule has 0 unspecified atom stereocenters. The largest absolute Gasteiger partial charge is 0.325 e. The smallest absolute Gasteiger partial charge is 0.313 e. The van der Waals surface area contributed by atoms with E-state index < -0.39 is 0 Å². The van der Waals surface area contributed by atoms with Gasteiger partial charge in [0.2, 0.25) is 0 Å². The lowest BCUT2D eigenvalue weighted by molar-refractivity contribution is 0.761. The van der Waals surface area contributed by atoms with Crippen LogP contribution in [0.5, 0.6) is 0 Å². The minimum Gasteiger partial charge on any atom is -0.313 e. The maximum absolute atomic E-state index is 11.3. The first kappa shape index (κ1) is 9.77. The fraction of sp³-hybridized carbons (Fsp3) is 0.250. The van der Waals surface area contributed by atoms with Gasteiger partial charge in [0.15, 0.2) is 0 Å². The van der Waals surface area contributed by atoms with Crippen LogP contribution >= 0.6 is 0 Å². The van der Waals surface area contributed by atoms with Gasteiger partial charge >= 0.3 is 5.69 Å². The molecule has 0 spiro atoms. The number of H-pyrrole nitrogens is 1. The van der Waals surface area contributed by atoms with Gasteiger partial charge in [-0.3, -0.25) is 4.57 Å². The summed E-state index contributed by atoms with van der Waals surface area (Å²) >= 11 is 0. The van der Waals surface area contributed by atoms with E-state index in [4.69, 9.17) is 0 Å². The Morgan fingerprint density at radius 1 is 1.20 bits per heavy atom. The van der Waals surface area contributed by atoms with E-state index in [9.17, 15) is 4.79 Å². The number of nitrogens with one attached hydrogen (secondary N) is 1. The van der Waals surface area contributed by atoms with Crippen LogP contribution in [-0.2, 0) is 13.0 Å². The Balaban J connectivity index is 2.18. The van der Waals surface area contributed by atoms with Gasteiger partial charge < -0.3 is 4.98 Å². The Morgan fingerprint density at radius 3 is 2.40 bits per heavy atom. The second-order valence-corrected chi connectivity index (χ2v) is 3.56. The number of benzene rings is 1. The highest BCUT2D eigenvalue weighted by Crippen LogP contribution is 2.05. The van der Waals surface area contributed by atoms with Crippen molar-refractivity contribution in [3.63, 3.8) is 0 Å². The highest BCUT2D eigenvalue weighted by Gasteiger charge is 1.97. The molecular formula is C12H14N2O. The van der Waals surface area contributed by atoms with Gasteiger partial charge in [-0.15, -0.1) is 0 Å². The third kappa shape index (κ3) is 2.18.